The van der Waals surface area contributed by atoms with Crippen LogP contribution in [0.2, 0.25) is 0 Å². The quantitative estimate of drug-likeness (QED) is 0.413. The molecular formula is C28H34N2O3. The highest BCUT2D eigenvalue weighted by Gasteiger charge is 2.16. The number of pyridine rings is 1. The molecule has 2 aromatic carbocycles. The summed E-state index contributed by atoms with van der Waals surface area (Å²) in [6, 6.07) is 16.0. The van der Waals surface area contributed by atoms with Gasteiger partial charge in [-0.05, 0) is 84.7 Å². The fourth-order valence-corrected chi connectivity index (χ4v) is 3.99. The molecule has 1 amide bonds. The third kappa shape index (κ3) is 6.35. The third-order valence-electron chi connectivity index (χ3n) is 5.83. The van der Waals surface area contributed by atoms with Crippen LogP contribution in [0.5, 0.6) is 11.5 Å². The first-order valence-electron chi connectivity index (χ1n) is 11.5. The molecule has 1 atom stereocenters. The Morgan fingerprint density at radius 1 is 1.00 bits per heavy atom. The van der Waals surface area contributed by atoms with Crippen LogP contribution in [0.15, 0.2) is 60.9 Å². The zero-order valence-electron chi connectivity index (χ0n) is 20.2. The Hall–Kier alpha value is -3.34. The Labute approximate surface area is 197 Å². The first-order valence-corrected chi connectivity index (χ1v) is 11.5. The average molecular weight is 447 g/mol. The van der Waals surface area contributed by atoms with Crippen molar-refractivity contribution in [3.05, 3.63) is 77.6 Å². The van der Waals surface area contributed by atoms with E-state index in [4.69, 9.17) is 9.47 Å². The van der Waals surface area contributed by atoms with Gasteiger partial charge >= 0.3 is 0 Å². The maximum absolute atomic E-state index is 12.9. The number of benzene rings is 2. The number of carbonyl (C=O) groups is 1. The molecule has 0 aliphatic heterocycles. The first-order chi connectivity index (χ1) is 15.9. The number of hydrogen-bond acceptors (Lipinski definition) is 4. The molecule has 0 saturated carbocycles. The number of nitrogens with zero attached hydrogens (tertiary/aromatic N) is 1. The number of nitrogens with one attached hydrogen (secondary N) is 1. The smallest absolute Gasteiger partial charge is 0.251 e. The summed E-state index contributed by atoms with van der Waals surface area (Å²) >= 11 is 0. The van der Waals surface area contributed by atoms with Crippen LogP contribution in [0.4, 0.5) is 0 Å². The molecular weight excluding hydrogens is 412 g/mol. The molecule has 0 fully saturated rings. The normalized spacial score (nSPS) is 11.8. The number of methoxy groups -OCH3 is 2. The van der Waals surface area contributed by atoms with Gasteiger partial charge in [0.05, 0.1) is 14.2 Å². The lowest BCUT2D eigenvalue weighted by molar-refractivity contribution is 0.0938. The van der Waals surface area contributed by atoms with Crippen molar-refractivity contribution >= 4 is 5.91 Å². The van der Waals surface area contributed by atoms with Gasteiger partial charge in [-0.2, -0.15) is 0 Å². The van der Waals surface area contributed by atoms with Gasteiger partial charge in [0, 0.05) is 24.0 Å². The van der Waals surface area contributed by atoms with E-state index in [2.05, 4.69) is 37.1 Å². The number of aromatic nitrogens is 1. The number of hydrogen-bond donors (Lipinski definition) is 1. The molecule has 0 aliphatic carbocycles. The van der Waals surface area contributed by atoms with Gasteiger partial charge in [-0.1, -0.05) is 32.0 Å². The summed E-state index contributed by atoms with van der Waals surface area (Å²) in [5, 5.41) is 3.15. The van der Waals surface area contributed by atoms with Crippen molar-refractivity contribution < 1.29 is 14.3 Å². The van der Waals surface area contributed by atoms with E-state index in [9.17, 15) is 4.79 Å². The summed E-state index contributed by atoms with van der Waals surface area (Å²) in [6.07, 6.45) is 6.57. The fourth-order valence-electron chi connectivity index (χ4n) is 3.99. The minimum atomic E-state index is -0.0374. The molecule has 0 spiro atoms. The van der Waals surface area contributed by atoms with Crippen molar-refractivity contribution in [3.63, 3.8) is 0 Å². The number of carbonyl (C=O) groups excluding carboxylic acids is 1. The van der Waals surface area contributed by atoms with Gasteiger partial charge < -0.3 is 14.8 Å². The predicted molar refractivity (Wildman–Crippen MR) is 133 cm³/mol. The van der Waals surface area contributed by atoms with Gasteiger partial charge in [0.2, 0.25) is 0 Å². The second kappa shape index (κ2) is 11.5. The molecule has 174 valence electrons. The maximum atomic E-state index is 12.9. The largest absolute Gasteiger partial charge is 0.493 e. The summed E-state index contributed by atoms with van der Waals surface area (Å²) < 4.78 is 10.8. The van der Waals surface area contributed by atoms with E-state index in [-0.39, 0.29) is 17.9 Å². The summed E-state index contributed by atoms with van der Waals surface area (Å²) in [4.78, 5) is 17.1. The van der Waals surface area contributed by atoms with E-state index in [1.807, 2.05) is 48.7 Å². The van der Waals surface area contributed by atoms with E-state index in [0.717, 1.165) is 36.0 Å². The molecule has 0 bridgehead atoms. The van der Waals surface area contributed by atoms with Gasteiger partial charge in [0.1, 0.15) is 0 Å². The molecule has 3 aromatic rings. The number of amides is 1. The molecule has 5 heteroatoms. The Bertz CT molecular complexity index is 1060. The Kier molecular flexibility index (Phi) is 8.47. The van der Waals surface area contributed by atoms with E-state index < -0.39 is 0 Å². The minimum absolute atomic E-state index is 0.0374. The van der Waals surface area contributed by atoms with Crippen LogP contribution in [-0.2, 0) is 6.42 Å². The van der Waals surface area contributed by atoms with Crippen molar-refractivity contribution in [2.75, 3.05) is 14.2 Å². The van der Waals surface area contributed by atoms with Gasteiger partial charge in [0.25, 0.3) is 5.91 Å². The SMILES string of the molecule is COc1ccc(-c2ccc(C(=O)N[C@H](C)CCCc3cccnc3)cc2C(C)C)cc1OC. The Morgan fingerprint density at radius 2 is 1.79 bits per heavy atom. The Balaban J connectivity index is 1.71. The highest BCUT2D eigenvalue weighted by Crippen LogP contribution is 2.36. The van der Waals surface area contributed by atoms with E-state index in [0.29, 0.717) is 17.1 Å². The lowest BCUT2D eigenvalue weighted by atomic mass is 9.90. The number of rotatable bonds is 10. The van der Waals surface area contributed by atoms with Gasteiger partial charge in [-0.3, -0.25) is 9.78 Å². The molecule has 33 heavy (non-hydrogen) atoms. The van der Waals surface area contributed by atoms with Crippen molar-refractivity contribution in [2.24, 2.45) is 0 Å². The molecule has 1 aromatic heterocycles. The van der Waals surface area contributed by atoms with Gasteiger partial charge in [-0.15, -0.1) is 0 Å². The molecule has 3 rings (SSSR count). The molecule has 5 nitrogen and oxygen atoms in total. The van der Waals surface area contributed by atoms with Crippen LogP contribution in [0.25, 0.3) is 11.1 Å². The van der Waals surface area contributed by atoms with Crippen LogP contribution >= 0.6 is 0 Å². The summed E-state index contributed by atoms with van der Waals surface area (Å²) in [7, 11) is 3.26. The monoisotopic (exact) mass is 446 g/mol. The standard InChI is InChI=1S/C28H34N2O3/c1-19(2)25-16-23(11-13-24(25)22-12-14-26(32-4)27(17-22)33-5)28(31)30-20(3)8-6-9-21-10-7-15-29-18-21/h7,10-20H,6,8-9H2,1-5H3,(H,30,31)/t20-/m1/s1. The summed E-state index contributed by atoms with van der Waals surface area (Å²) in [5.74, 6) is 1.61. The van der Waals surface area contributed by atoms with Crippen LogP contribution in [0.1, 0.15) is 61.0 Å². The maximum Gasteiger partial charge on any atom is 0.251 e. The summed E-state index contributed by atoms with van der Waals surface area (Å²) in [5.41, 5.74) is 5.16. The van der Waals surface area contributed by atoms with E-state index >= 15 is 0 Å². The lowest BCUT2D eigenvalue weighted by Crippen LogP contribution is -2.32. The number of aryl methyl sites for hydroxylation is 1. The van der Waals surface area contributed by atoms with Crippen LogP contribution in [0.3, 0.4) is 0 Å². The number of ether oxygens (including phenoxy) is 2. The molecule has 0 unspecified atom stereocenters. The molecule has 1 heterocycles. The highest BCUT2D eigenvalue weighted by atomic mass is 16.5. The summed E-state index contributed by atoms with van der Waals surface area (Å²) in [6.45, 7) is 6.34. The van der Waals surface area contributed by atoms with Gasteiger partial charge in [-0.25, -0.2) is 0 Å². The zero-order chi connectivity index (χ0) is 23.8. The highest BCUT2D eigenvalue weighted by molar-refractivity contribution is 5.95. The van der Waals surface area contributed by atoms with E-state index in [1.165, 1.54) is 5.56 Å². The zero-order valence-corrected chi connectivity index (χ0v) is 20.2. The van der Waals surface area contributed by atoms with Crippen molar-refractivity contribution in [3.8, 4) is 22.6 Å². The second-order valence-corrected chi connectivity index (χ2v) is 8.65. The predicted octanol–water partition coefficient (Wildman–Crippen LogP) is 6.03. The molecule has 0 radical (unpaired) electrons. The molecule has 0 aliphatic rings. The molecule has 0 saturated heterocycles. The van der Waals surface area contributed by atoms with Gasteiger partial charge in [0.15, 0.2) is 11.5 Å². The topological polar surface area (TPSA) is 60.5 Å². The van der Waals surface area contributed by atoms with E-state index in [1.54, 1.807) is 20.4 Å². The first kappa shape index (κ1) is 24.3. The molecule has 1 N–H and O–H groups in total. The average Bonchev–Trinajstić information content (AvgIpc) is 2.83. The minimum Gasteiger partial charge on any atom is -0.493 e. The second-order valence-electron chi connectivity index (χ2n) is 8.65. The van der Waals surface area contributed by atoms with Crippen LogP contribution in [0, 0.1) is 0 Å². The van der Waals surface area contributed by atoms with Crippen LogP contribution < -0.4 is 14.8 Å². The van der Waals surface area contributed by atoms with Crippen molar-refractivity contribution in [1.82, 2.24) is 10.3 Å². The third-order valence-corrected chi connectivity index (χ3v) is 5.83. The lowest BCUT2D eigenvalue weighted by Gasteiger charge is -2.18. The van der Waals surface area contributed by atoms with Crippen molar-refractivity contribution in [2.45, 2.75) is 52.0 Å². The van der Waals surface area contributed by atoms with Crippen LogP contribution in [-0.4, -0.2) is 31.2 Å². The fraction of sp³-hybridized carbons (Fsp3) is 0.357. The Morgan fingerprint density at radius 3 is 2.45 bits per heavy atom. The van der Waals surface area contributed by atoms with Crippen molar-refractivity contribution in [1.29, 1.82) is 0 Å².